The minimum atomic E-state index is -3.53. The van der Waals surface area contributed by atoms with Crippen LogP contribution in [0.2, 0.25) is 5.02 Å². The molecule has 0 atom stereocenters. The van der Waals surface area contributed by atoms with E-state index in [0.29, 0.717) is 23.2 Å². The van der Waals surface area contributed by atoms with Gasteiger partial charge in [0.05, 0.1) is 48.0 Å². The van der Waals surface area contributed by atoms with Gasteiger partial charge in [-0.3, -0.25) is 4.90 Å². The molecule has 1 aliphatic heterocycles. The zero-order valence-corrected chi connectivity index (χ0v) is 25.4. The monoisotopic (exact) mass is 599 g/mol. The lowest BCUT2D eigenvalue weighted by molar-refractivity contribution is 0.0270. The molecule has 0 bridgehead atoms. The lowest BCUT2D eigenvalue weighted by Gasteiger charge is -2.38. The SMILES string of the molecule is COc1ccc(C2(CN3CCOCC3)CCCC2)cc1Nc1ncc(Cl)c(Nc2ccccc2S(=O)(=O)C(C)C)n1. The van der Waals surface area contributed by atoms with Crippen molar-refractivity contribution in [1.29, 1.82) is 0 Å². The second kappa shape index (κ2) is 12.5. The van der Waals surface area contributed by atoms with Gasteiger partial charge in [0.2, 0.25) is 5.95 Å². The molecule has 1 saturated carbocycles. The van der Waals surface area contributed by atoms with Crippen LogP contribution in [0.15, 0.2) is 53.6 Å². The van der Waals surface area contributed by atoms with Crippen LogP contribution >= 0.6 is 11.6 Å². The summed E-state index contributed by atoms with van der Waals surface area (Å²) in [6.45, 7) is 7.80. The number of nitrogens with zero attached hydrogens (tertiary/aromatic N) is 3. The van der Waals surface area contributed by atoms with E-state index in [4.69, 9.17) is 21.1 Å². The number of nitrogens with one attached hydrogen (secondary N) is 2. The Morgan fingerprint density at radius 1 is 1.07 bits per heavy atom. The second-order valence-corrected chi connectivity index (χ2v) is 13.9. The van der Waals surface area contributed by atoms with Crippen molar-refractivity contribution in [3.05, 3.63) is 59.2 Å². The summed E-state index contributed by atoms with van der Waals surface area (Å²) in [6.07, 6.45) is 6.19. The van der Waals surface area contributed by atoms with Crippen molar-refractivity contribution in [2.24, 2.45) is 0 Å². The van der Waals surface area contributed by atoms with Crippen LogP contribution < -0.4 is 15.4 Å². The molecule has 220 valence electrons. The summed E-state index contributed by atoms with van der Waals surface area (Å²) in [5.74, 6) is 1.28. The number of halogens is 1. The molecule has 1 aliphatic carbocycles. The number of rotatable bonds is 10. The van der Waals surface area contributed by atoms with Crippen LogP contribution in [0.5, 0.6) is 5.75 Å². The number of benzene rings is 2. The molecule has 2 aromatic carbocycles. The molecule has 5 rings (SSSR count). The average Bonchev–Trinajstić information content (AvgIpc) is 3.45. The minimum absolute atomic E-state index is 0.0687. The first-order valence-corrected chi connectivity index (χ1v) is 16.0. The smallest absolute Gasteiger partial charge is 0.229 e. The van der Waals surface area contributed by atoms with Gasteiger partial charge >= 0.3 is 0 Å². The predicted molar refractivity (Wildman–Crippen MR) is 163 cm³/mol. The summed E-state index contributed by atoms with van der Waals surface area (Å²) >= 11 is 6.46. The topological polar surface area (TPSA) is 106 Å². The average molecular weight is 600 g/mol. The van der Waals surface area contributed by atoms with Crippen molar-refractivity contribution in [1.82, 2.24) is 14.9 Å². The third kappa shape index (κ3) is 6.45. The number of hydrogen-bond donors (Lipinski definition) is 2. The summed E-state index contributed by atoms with van der Waals surface area (Å²) in [7, 11) is -1.89. The molecule has 2 heterocycles. The molecule has 0 amide bonds. The Hall–Kier alpha value is -2.92. The number of aromatic nitrogens is 2. The Morgan fingerprint density at radius 3 is 2.51 bits per heavy atom. The minimum Gasteiger partial charge on any atom is -0.495 e. The molecule has 3 aromatic rings. The summed E-state index contributed by atoms with van der Waals surface area (Å²) in [5, 5.41) is 6.13. The van der Waals surface area contributed by atoms with Gasteiger partial charge in [-0.25, -0.2) is 13.4 Å². The first-order chi connectivity index (χ1) is 19.7. The number of para-hydroxylation sites is 1. The summed E-state index contributed by atoms with van der Waals surface area (Å²) in [6, 6.07) is 13.1. The van der Waals surface area contributed by atoms with E-state index in [1.165, 1.54) is 24.6 Å². The maximum atomic E-state index is 13.0. The number of ether oxygens (including phenoxy) is 2. The van der Waals surface area contributed by atoms with Gasteiger partial charge in [0, 0.05) is 25.0 Å². The lowest BCUT2D eigenvalue weighted by atomic mass is 9.78. The zero-order chi connectivity index (χ0) is 29.0. The molecule has 0 unspecified atom stereocenters. The number of morpholine rings is 1. The van der Waals surface area contributed by atoms with Gasteiger partial charge in [0.25, 0.3) is 0 Å². The van der Waals surface area contributed by atoms with Gasteiger partial charge in [-0.2, -0.15) is 4.98 Å². The van der Waals surface area contributed by atoms with Gasteiger partial charge < -0.3 is 20.1 Å². The van der Waals surface area contributed by atoms with Gasteiger partial charge in [0.1, 0.15) is 10.8 Å². The van der Waals surface area contributed by atoms with Crippen molar-refractivity contribution < 1.29 is 17.9 Å². The fourth-order valence-electron chi connectivity index (χ4n) is 5.75. The highest BCUT2D eigenvalue weighted by Crippen LogP contribution is 2.44. The third-order valence-corrected chi connectivity index (χ3v) is 10.5. The van der Waals surface area contributed by atoms with E-state index in [9.17, 15) is 8.42 Å². The Labute approximate surface area is 247 Å². The number of hydrogen-bond acceptors (Lipinski definition) is 9. The molecular formula is C30H38ClN5O4S. The molecule has 2 aliphatic rings. The number of sulfone groups is 1. The van der Waals surface area contributed by atoms with Crippen LogP contribution in [0.3, 0.4) is 0 Å². The van der Waals surface area contributed by atoms with E-state index in [-0.39, 0.29) is 15.3 Å². The first-order valence-electron chi connectivity index (χ1n) is 14.1. The molecular weight excluding hydrogens is 562 g/mol. The van der Waals surface area contributed by atoms with Crippen LogP contribution in [-0.2, 0) is 20.0 Å². The fourth-order valence-corrected chi connectivity index (χ4v) is 7.09. The highest BCUT2D eigenvalue weighted by molar-refractivity contribution is 7.92. The fraction of sp³-hybridized carbons (Fsp3) is 0.467. The van der Waals surface area contributed by atoms with Crippen molar-refractivity contribution in [2.75, 3.05) is 50.6 Å². The number of methoxy groups -OCH3 is 1. The quantitative estimate of drug-likeness (QED) is 0.292. The third-order valence-electron chi connectivity index (χ3n) is 8.06. The Balaban J connectivity index is 1.44. The van der Waals surface area contributed by atoms with Gasteiger partial charge in [0.15, 0.2) is 15.7 Å². The standard InChI is InChI=1S/C30H38ClN5O4S/c1-21(2)41(37,38)27-9-5-4-8-24(27)33-28-23(31)19-32-29(35-28)34-25-18-22(10-11-26(25)39-3)30(12-6-7-13-30)20-36-14-16-40-17-15-36/h4-5,8-11,18-19,21H,6-7,12-17,20H2,1-3H3,(H2,32,33,34,35). The van der Waals surface area contributed by atoms with Crippen LogP contribution in [0.1, 0.15) is 45.1 Å². The van der Waals surface area contributed by atoms with E-state index in [1.807, 2.05) is 6.07 Å². The molecule has 9 nitrogen and oxygen atoms in total. The van der Waals surface area contributed by atoms with Crippen LogP contribution in [0.25, 0.3) is 0 Å². The van der Waals surface area contributed by atoms with Crippen LogP contribution in [0, 0.1) is 0 Å². The lowest BCUT2D eigenvalue weighted by Crippen LogP contribution is -2.44. The second-order valence-electron chi connectivity index (χ2n) is 11.0. The molecule has 11 heteroatoms. The van der Waals surface area contributed by atoms with Crippen LogP contribution in [0.4, 0.5) is 23.1 Å². The maximum absolute atomic E-state index is 13.0. The highest BCUT2D eigenvalue weighted by Gasteiger charge is 2.38. The first kappa shape index (κ1) is 29.6. The highest BCUT2D eigenvalue weighted by atomic mass is 35.5. The molecule has 1 aromatic heterocycles. The molecule has 2 fully saturated rings. The Morgan fingerprint density at radius 2 is 1.80 bits per heavy atom. The Kier molecular flexibility index (Phi) is 9.03. The van der Waals surface area contributed by atoms with Crippen molar-refractivity contribution in [2.45, 2.75) is 55.1 Å². The van der Waals surface area contributed by atoms with Gasteiger partial charge in [-0.15, -0.1) is 0 Å². The molecule has 41 heavy (non-hydrogen) atoms. The molecule has 2 N–H and O–H groups in total. The van der Waals surface area contributed by atoms with Crippen LogP contribution in [-0.4, -0.2) is 68.5 Å². The largest absolute Gasteiger partial charge is 0.495 e. The summed E-state index contributed by atoms with van der Waals surface area (Å²) in [5.41, 5.74) is 2.50. The summed E-state index contributed by atoms with van der Waals surface area (Å²) < 4.78 is 37.2. The summed E-state index contributed by atoms with van der Waals surface area (Å²) in [4.78, 5) is 11.7. The van der Waals surface area contributed by atoms with Gasteiger partial charge in [-0.1, -0.05) is 42.6 Å². The molecule has 1 saturated heterocycles. The molecule has 0 radical (unpaired) electrons. The van der Waals surface area contributed by atoms with E-state index in [2.05, 4.69) is 37.6 Å². The maximum Gasteiger partial charge on any atom is 0.229 e. The molecule has 0 spiro atoms. The predicted octanol–water partition coefficient (Wildman–Crippen LogP) is 5.95. The normalized spacial score (nSPS) is 17.5. The van der Waals surface area contributed by atoms with Crippen molar-refractivity contribution >= 4 is 44.6 Å². The van der Waals surface area contributed by atoms with Crippen molar-refractivity contribution in [3.63, 3.8) is 0 Å². The van der Waals surface area contributed by atoms with E-state index in [0.717, 1.165) is 51.4 Å². The Bertz CT molecular complexity index is 1470. The van der Waals surface area contributed by atoms with E-state index >= 15 is 0 Å². The zero-order valence-electron chi connectivity index (χ0n) is 23.8. The number of anilines is 4. The van der Waals surface area contributed by atoms with Gasteiger partial charge in [-0.05, 0) is 56.5 Å². The van der Waals surface area contributed by atoms with E-state index in [1.54, 1.807) is 45.2 Å². The van der Waals surface area contributed by atoms with Crippen molar-refractivity contribution in [3.8, 4) is 5.75 Å². The van der Waals surface area contributed by atoms with E-state index < -0.39 is 15.1 Å².